The lowest BCUT2D eigenvalue weighted by molar-refractivity contribution is 0.793. The Hall–Kier alpha value is -2.64. The van der Waals surface area contributed by atoms with Gasteiger partial charge in [0.15, 0.2) is 11.0 Å². The van der Waals surface area contributed by atoms with Crippen molar-refractivity contribution in [3.05, 3.63) is 69.7 Å². The molecule has 1 N–H and O–H groups in total. The van der Waals surface area contributed by atoms with Crippen molar-refractivity contribution in [1.29, 1.82) is 0 Å². The fourth-order valence-electron chi connectivity index (χ4n) is 2.65. The van der Waals surface area contributed by atoms with Gasteiger partial charge in [-0.05, 0) is 24.3 Å². The Bertz CT molecular complexity index is 1150. The molecule has 26 heavy (non-hydrogen) atoms. The first-order valence-corrected chi connectivity index (χ1v) is 9.25. The smallest absolute Gasteiger partial charge is 0.258 e. The lowest BCUT2D eigenvalue weighted by Crippen LogP contribution is -2.11. The SMILES string of the molecule is Cn1c(SCc2nc3ccccc3c(=O)[nH]2)nnc1-c1ccccc1Cl. The van der Waals surface area contributed by atoms with Gasteiger partial charge in [0.05, 0.1) is 21.7 Å². The summed E-state index contributed by atoms with van der Waals surface area (Å²) in [5, 5.41) is 10.4. The Labute approximate surface area is 158 Å². The number of H-pyrrole nitrogens is 1. The third-order valence-corrected chi connectivity index (χ3v) is 5.31. The molecule has 0 aliphatic carbocycles. The highest BCUT2D eigenvalue weighted by atomic mass is 35.5. The molecule has 2 aromatic heterocycles. The van der Waals surface area contributed by atoms with Crippen molar-refractivity contribution in [1.82, 2.24) is 24.7 Å². The van der Waals surface area contributed by atoms with Gasteiger partial charge in [-0.25, -0.2) is 4.98 Å². The molecular weight excluding hydrogens is 370 g/mol. The second-order valence-corrected chi connectivity index (χ2v) is 7.01. The highest BCUT2D eigenvalue weighted by Crippen LogP contribution is 2.29. The van der Waals surface area contributed by atoms with Crippen LogP contribution < -0.4 is 5.56 Å². The maximum absolute atomic E-state index is 12.2. The number of thioether (sulfide) groups is 1. The molecule has 0 radical (unpaired) electrons. The van der Waals surface area contributed by atoms with Crippen LogP contribution in [0.1, 0.15) is 5.82 Å². The standard InChI is InChI=1S/C18H14ClN5OS/c1-24-16(11-6-2-4-8-13(11)19)22-23-18(24)26-10-15-20-14-9-5-3-7-12(14)17(25)21-15/h2-9H,10H2,1H3,(H,20,21,25). The number of hydrogen-bond acceptors (Lipinski definition) is 5. The van der Waals surface area contributed by atoms with Crippen molar-refractivity contribution in [2.45, 2.75) is 10.9 Å². The molecule has 2 aromatic carbocycles. The molecule has 0 amide bonds. The van der Waals surface area contributed by atoms with E-state index >= 15 is 0 Å². The number of benzene rings is 2. The van der Waals surface area contributed by atoms with Crippen LogP contribution in [-0.2, 0) is 12.8 Å². The molecule has 0 aliphatic heterocycles. The van der Waals surface area contributed by atoms with E-state index in [-0.39, 0.29) is 5.56 Å². The summed E-state index contributed by atoms with van der Waals surface area (Å²) in [6.07, 6.45) is 0. The minimum atomic E-state index is -0.138. The number of fused-ring (bicyclic) bond motifs is 1. The third kappa shape index (κ3) is 3.11. The van der Waals surface area contributed by atoms with Gasteiger partial charge in [-0.15, -0.1) is 10.2 Å². The Morgan fingerprint density at radius 3 is 2.73 bits per heavy atom. The van der Waals surface area contributed by atoms with Gasteiger partial charge in [0, 0.05) is 12.6 Å². The largest absolute Gasteiger partial charge is 0.309 e. The van der Waals surface area contributed by atoms with Crippen molar-refractivity contribution in [3.8, 4) is 11.4 Å². The monoisotopic (exact) mass is 383 g/mol. The normalized spacial score (nSPS) is 11.2. The molecule has 0 unspecified atom stereocenters. The van der Waals surface area contributed by atoms with Gasteiger partial charge in [0.1, 0.15) is 5.82 Å². The zero-order valence-corrected chi connectivity index (χ0v) is 15.4. The van der Waals surface area contributed by atoms with Gasteiger partial charge < -0.3 is 9.55 Å². The van der Waals surface area contributed by atoms with Crippen LogP contribution in [0.15, 0.2) is 58.5 Å². The molecule has 0 atom stereocenters. The summed E-state index contributed by atoms with van der Waals surface area (Å²) >= 11 is 7.70. The number of rotatable bonds is 4. The van der Waals surface area contributed by atoms with E-state index in [9.17, 15) is 4.79 Å². The number of hydrogen-bond donors (Lipinski definition) is 1. The fraction of sp³-hybridized carbons (Fsp3) is 0.111. The topological polar surface area (TPSA) is 76.5 Å². The second kappa shape index (κ2) is 6.93. The summed E-state index contributed by atoms with van der Waals surface area (Å²) < 4.78 is 1.88. The Morgan fingerprint density at radius 2 is 1.88 bits per heavy atom. The van der Waals surface area contributed by atoms with Crippen molar-refractivity contribution in [3.63, 3.8) is 0 Å². The summed E-state index contributed by atoms with van der Waals surface area (Å²) in [5.74, 6) is 1.77. The first-order chi connectivity index (χ1) is 12.6. The average molecular weight is 384 g/mol. The lowest BCUT2D eigenvalue weighted by Gasteiger charge is -2.05. The Balaban J connectivity index is 1.60. The van der Waals surface area contributed by atoms with Crippen molar-refractivity contribution < 1.29 is 0 Å². The number of aromatic nitrogens is 5. The molecule has 2 heterocycles. The maximum atomic E-state index is 12.2. The lowest BCUT2D eigenvalue weighted by atomic mass is 10.2. The van der Waals surface area contributed by atoms with Crippen LogP contribution in [0.5, 0.6) is 0 Å². The molecule has 130 valence electrons. The number of aromatic amines is 1. The predicted molar refractivity (Wildman–Crippen MR) is 103 cm³/mol. The summed E-state index contributed by atoms with van der Waals surface area (Å²) in [7, 11) is 1.89. The quantitative estimate of drug-likeness (QED) is 0.544. The van der Waals surface area contributed by atoms with Gasteiger partial charge in [-0.3, -0.25) is 4.79 Å². The minimum Gasteiger partial charge on any atom is -0.309 e. The van der Waals surface area contributed by atoms with Crippen LogP contribution in [0.25, 0.3) is 22.3 Å². The predicted octanol–water partition coefficient (Wildman–Crippen LogP) is 3.66. The van der Waals surface area contributed by atoms with Gasteiger partial charge in [0.2, 0.25) is 0 Å². The Morgan fingerprint density at radius 1 is 1.12 bits per heavy atom. The summed E-state index contributed by atoms with van der Waals surface area (Å²) in [5.41, 5.74) is 1.37. The molecule has 0 spiro atoms. The maximum Gasteiger partial charge on any atom is 0.258 e. The molecule has 0 fully saturated rings. The summed E-state index contributed by atoms with van der Waals surface area (Å²) in [4.78, 5) is 19.5. The van der Waals surface area contributed by atoms with Crippen LogP contribution in [0, 0.1) is 0 Å². The van der Waals surface area contributed by atoms with Gasteiger partial charge >= 0.3 is 0 Å². The van der Waals surface area contributed by atoms with E-state index < -0.39 is 0 Å². The molecule has 4 aromatic rings. The van der Waals surface area contributed by atoms with Crippen LogP contribution in [0.4, 0.5) is 0 Å². The van der Waals surface area contributed by atoms with E-state index in [1.807, 2.05) is 54.1 Å². The molecule has 4 rings (SSSR count). The van der Waals surface area contributed by atoms with Crippen molar-refractivity contribution in [2.75, 3.05) is 0 Å². The molecule has 0 saturated carbocycles. The van der Waals surface area contributed by atoms with Crippen LogP contribution in [-0.4, -0.2) is 24.7 Å². The summed E-state index contributed by atoms with van der Waals surface area (Å²) in [6.45, 7) is 0. The van der Waals surface area contributed by atoms with E-state index in [2.05, 4.69) is 20.2 Å². The fourth-order valence-corrected chi connectivity index (χ4v) is 3.66. The van der Waals surface area contributed by atoms with Crippen LogP contribution >= 0.6 is 23.4 Å². The zero-order chi connectivity index (χ0) is 18.1. The van der Waals surface area contributed by atoms with E-state index in [0.717, 1.165) is 10.7 Å². The van der Waals surface area contributed by atoms with E-state index in [0.29, 0.717) is 33.3 Å². The molecule has 0 saturated heterocycles. The average Bonchev–Trinajstić information content (AvgIpc) is 3.01. The van der Waals surface area contributed by atoms with Gasteiger partial charge in [0.25, 0.3) is 5.56 Å². The second-order valence-electron chi connectivity index (χ2n) is 5.66. The number of nitrogens with one attached hydrogen (secondary N) is 1. The molecule has 0 bridgehead atoms. The summed E-state index contributed by atoms with van der Waals surface area (Å²) in [6, 6.07) is 14.8. The first kappa shape index (κ1) is 16.8. The first-order valence-electron chi connectivity index (χ1n) is 7.88. The highest BCUT2D eigenvalue weighted by Gasteiger charge is 2.14. The van der Waals surface area contributed by atoms with Crippen molar-refractivity contribution >= 4 is 34.3 Å². The van der Waals surface area contributed by atoms with Gasteiger partial charge in [-0.1, -0.05) is 47.6 Å². The Kier molecular flexibility index (Phi) is 4.48. The van der Waals surface area contributed by atoms with E-state index in [1.54, 1.807) is 6.07 Å². The van der Waals surface area contributed by atoms with Crippen LogP contribution in [0.2, 0.25) is 5.02 Å². The molecule has 0 aliphatic rings. The third-order valence-electron chi connectivity index (χ3n) is 3.95. The van der Waals surface area contributed by atoms with E-state index in [4.69, 9.17) is 11.6 Å². The molecule has 6 nitrogen and oxygen atoms in total. The van der Waals surface area contributed by atoms with E-state index in [1.165, 1.54) is 11.8 Å². The molecule has 8 heteroatoms. The molecular formula is C18H14ClN5OS. The number of nitrogens with zero attached hydrogens (tertiary/aromatic N) is 4. The number of halogens is 1. The van der Waals surface area contributed by atoms with Gasteiger partial charge in [-0.2, -0.15) is 0 Å². The number of para-hydroxylation sites is 1. The van der Waals surface area contributed by atoms with Crippen molar-refractivity contribution in [2.24, 2.45) is 7.05 Å². The zero-order valence-electron chi connectivity index (χ0n) is 13.8. The van der Waals surface area contributed by atoms with Crippen LogP contribution in [0.3, 0.4) is 0 Å². The minimum absolute atomic E-state index is 0.138. The highest BCUT2D eigenvalue weighted by molar-refractivity contribution is 7.98.